The largest absolute Gasteiger partial charge is 0.348 e. The lowest BCUT2D eigenvalue weighted by molar-refractivity contribution is 0.0949. The molecule has 6 nitrogen and oxygen atoms in total. The molecule has 1 N–H and O–H groups in total. The molecule has 0 atom stereocenters. The summed E-state index contributed by atoms with van der Waals surface area (Å²) in [5.41, 5.74) is 6.25. The van der Waals surface area contributed by atoms with E-state index in [1.165, 1.54) is 5.56 Å². The molecule has 0 radical (unpaired) electrons. The summed E-state index contributed by atoms with van der Waals surface area (Å²) >= 11 is 0. The van der Waals surface area contributed by atoms with Gasteiger partial charge in [0.25, 0.3) is 11.5 Å². The maximum atomic E-state index is 13.0. The monoisotopic (exact) mass is 488 g/mol. The van der Waals surface area contributed by atoms with Crippen LogP contribution < -0.4 is 10.9 Å². The molecule has 0 fully saturated rings. The lowest BCUT2D eigenvalue weighted by Crippen LogP contribution is -2.32. The highest BCUT2D eigenvalue weighted by Gasteiger charge is 2.13. The highest BCUT2D eigenvalue weighted by atomic mass is 16.2. The van der Waals surface area contributed by atoms with Crippen LogP contribution in [0.25, 0.3) is 11.1 Å². The van der Waals surface area contributed by atoms with Gasteiger partial charge < -0.3 is 14.5 Å². The molecule has 0 aliphatic rings. The van der Waals surface area contributed by atoms with Crippen LogP contribution >= 0.6 is 0 Å². The predicted octanol–water partition coefficient (Wildman–Crippen LogP) is 5.05. The Balaban J connectivity index is 1.29. The standard InChI is InChI=1S/C31H28N4O2/c1-23-6-4-7-25(18-23)21-35-16-5-10-29(31(35)37)30(36)33-19-27-8-2-3-9-28(27)26-13-11-24(12-14-26)20-34-17-15-32-22-34/h2-18,22H,19-21H2,1H3,(H,33,36). The van der Waals surface area contributed by atoms with Crippen LogP contribution in [0.2, 0.25) is 0 Å². The molecule has 2 aromatic heterocycles. The van der Waals surface area contributed by atoms with Crippen LogP contribution in [0.15, 0.2) is 115 Å². The lowest BCUT2D eigenvalue weighted by Gasteiger charge is -2.13. The number of aryl methyl sites for hydroxylation is 1. The minimum atomic E-state index is -0.380. The number of aromatic nitrogens is 3. The van der Waals surface area contributed by atoms with E-state index < -0.39 is 0 Å². The molecule has 1 amide bonds. The van der Waals surface area contributed by atoms with Crippen LogP contribution in [0.4, 0.5) is 0 Å². The highest BCUT2D eigenvalue weighted by Crippen LogP contribution is 2.24. The second kappa shape index (κ2) is 10.9. The van der Waals surface area contributed by atoms with Crippen molar-refractivity contribution in [2.24, 2.45) is 0 Å². The smallest absolute Gasteiger partial charge is 0.263 e. The summed E-state index contributed by atoms with van der Waals surface area (Å²) in [6.45, 7) is 3.51. The minimum absolute atomic E-state index is 0.136. The van der Waals surface area contributed by atoms with Crippen molar-refractivity contribution >= 4 is 5.91 Å². The summed E-state index contributed by atoms with van der Waals surface area (Å²) in [5.74, 6) is -0.380. The predicted molar refractivity (Wildman–Crippen MR) is 145 cm³/mol. The number of hydrogen-bond acceptors (Lipinski definition) is 3. The van der Waals surface area contributed by atoms with Crippen molar-refractivity contribution in [3.05, 3.63) is 148 Å². The molecule has 5 rings (SSSR count). The Morgan fingerprint density at radius 1 is 0.865 bits per heavy atom. The molecule has 5 aromatic rings. The number of carbonyl (C=O) groups excluding carboxylic acids is 1. The van der Waals surface area contributed by atoms with Gasteiger partial charge in [0.1, 0.15) is 5.56 Å². The molecule has 0 saturated heterocycles. The van der Waals surface area contributed by atoms with E-state index in [0.29, 0.717) is 13.1 Å². The third-order valence-corrected chi connectivity index (χ3v) is 6.35. The second-order valence-electron chi connectivity index (χ2n) is 9.12. The molecule has 37 heavy (non-hydrogen) atoms. The fourth-order valence-corrected chi connectivity index (χ4v) is 4.45. The van der Waals surface area contributed by atoms with Gasteiger partial charge in [-0.2, -0.15) is 0 Å². The number of amides is 1. The van der Waals surface area contributed by atoms with Gasteiger partial charge in [-0.3, -0.25) is 9.59 Å². The number of carbonyl (C=O) groups is 1. The van der Waals surface area contributed by atoms with E-state index >= 15 is 0 Å². The fourth-order valence-electron chi connectivity index (χ4n) is 4.45. The van der Waals surface area contributed by atoms with Crippen molar-refractivity contribution in [2.75, 3.05) is 0 Å². The first kappa shape index (κ1) is 24.0. The van der Waals surface area contributed by atoms with Crippen LogP contribution in [0.3, 0.4) is 0 Å². The first-order valence-corrected chi connectivity index (χ1v) is 12.2. The first-order valence-electron chi connectivity index (χ1n) is 12.2. The second-order valence-corrected chi connectivity index (χ2v) is 9.12. The third kappa shape index (κ3) is 5.76. The quantitative estimate of drug-likeness (QED) is 0.332. The van der Waals surface area contributed by atoms with Gasteiger partial charge in [-0.15, -0.1) is 0 Å². The molecule has 2 heterocycles. The molecule has 0 saturated carbocycles. The van der Waals surface area contributed by atoms with Crippen LogP contribution in [-0.4, -0.2) is 20.0 Å². The fraction of sp³-hybridized carbons (Fsp3) is 0.129. The zero-order valence-corrected chi connectivity index (χ0v) is 20.7. The van der Waals surface area contributed by atoms with E-state index in [-0.39, 0.29) is 17.0 Å². The van der Waals surface area contributed by atoms with Crippen molar-refractivity contribution in [1.82, 2.24) is 19.4 Å². The Labute approximate surface area is 215 Å². The van der Waals surface area contributed by atoms with Gasteiger partial charge in [0.2, 0.25) is 0 Å². The van der Waals surface area contributed by atoms with Crippen LogP contribution in [0.5, 0.6) is 0 Å². The average molecular weight is 489 g/mol. The van der Waals surface area contributed by atoms with E-state index in [2.05, 4.69) is 34.6 Å². The Bertz CT molecular complexity index is 1570. The van der Waals surface area contributed by atoms with Crippen molar-refractivity contribution in [2.45, 2.75) is 26.6 Å². The SMILES string of the molecule is Cc1cccc(Cn2cccc(C(=O)NCc3ccccc3-c3ccc(Cn4ccnc4)cc3)c2=O)c1. The van der Waals surface area contributed by atoms with Gasteiger partial charge in [-0.25, -0.2) is 4.98 Å². The number of pyridine rings is 1. The van der Waals surface area contributed by atoms with E-state index in [4.69, 9.17) is 0 Å². The summed E-state index contributed by atoms with van der Waals surface area (Å²) in [7, 11) is 0. The van der Waals surface area contributed by atoms with Gasteiger partial charge in [-0.1, -0.05) is 78.4 Å². The molecule has 0 bridgehead atoms. The van der Waals surface area contributed by atoms with Gasteiger partial charge in [0.15, 0.2) is 0 Å². The van der Waals surface area contributed by atoms with E-state index in [0.717, 1.165) is 34.4 Å². The van der Waals surface area contributed by atoms with Crippen LogP contribution in [0, 0.1) is 6.92 Å². The van der Waals surface area contributed by atoms with Crippen molar-refractivity contribution in [3.63, 3.8) is 0 Å². The minimum Gasteiger partial charge on any atom is -0.348 e. The molecule has 0 aliphatic heterocycles. The number of benzene rings is 3. The summed E-state index contributed by atoms with van der Waals surface area (Å²) in [4.78, 5) is 30.1. The summed E-state index contributed by atoms with van der Waals surface area (Å²) < 4.78 is 3.60. The topological polar surface area (TPSA) is 68.9 Å². The van der Waals surface area contributed by atoms with Crippen molar-refractivity contribution < 1.29 is 4.79 Å². The molecular weight excluding hydrogens is 460 g/mol. The van der Waals surface area contributed by atoms with Gasteiger partial charge >= 0.3 is 0 Å². The van der Waals surface area contributed by atoms with Crippen LogP contribution in [0.1, 0.15) is 32.6 Å². The molecule has 0 unspecified atom stereocenters. The zero-order chi connectivity index (χ0) is 25.6. The summed E-state index contributed by atoms with van der Waals surface area (Å²) in [6, 6.07) is 27.7. The molecule has 184 valence electrons. The maximum absolute atomic E-state index is 13.0. The van der Waals surface area contributed by atoms with Crippen molar-refractivity contribution in [1.29, 1.82) is 0 Å². The molecular formula is C31H28N4O2. The number of rotatable bonds is 8. The number of nitrogens with zero attached hydrogens (tertiary/aromatic N) is 3. The maximum Gasteiger partial charge on any atom is 0.263 e. The van der Waals surface area contributed by atoms with Gasteiger partial charge in [-0.05, 0) is 46.9 Å². The van der Waals surface area contributed by atoms with Crippen molar-refractivity contribution in [3.8, 4) is 11.1 Å². The molecule has 3 aromatic carbocycles. The molecule has 6 heteroatoms. The molecule has 0 spiro atoms. The number of nitrogens with one attached hydrogen (secondary N) is 1. The average Bonchev–Trinajstić information content (AvgIpc) is 3.42. The Morgan fingerprint density at radius 3 is 2.49 bits per heavy atom. The number of imidazole rings is 1. The first-order chi connectivity index (χ1) is 18.1. The highest BCUT2D eigenvalue weighted by molar-refractivity contribution is 5.93. The Hall–Kier alpha value is -4.71. The lowest BCUT2D eigenvalue weighted by atomic mass is 9.98. The third-order valence-electron chi connectivity index (χ3n) is 6.35. The number of hydrogen-bond donors (Lipinski definition) is 1. The Morgan fingerprint density at radius 2 is 1.70 bits per heavy atom. The summed E-state index contributed by atoms with van der Waals surface area (Å²) in [6.07, 6.45) is 7.23. The van der Waals surface area contributed by atoms with Gasteiger partial charge in [0.05, 0.1) is 12.9 Å². The van der Waals surface area contributed by atoms with E-state index in [1.54, 1.807) is 35.4 Å². The zero-order valence-electron chi connectivity index (χ0n) is 20.7. The van der Waals surface area contributed by atoms with E-state index in [9.17, 15) is 9.59 Å². The Kier molecular flexibility index (Phi) is 7.08. The molecule has 0 aliphatic carbocycles. The van der Waals surface area contributed by atoms with Gasteiger partial charge in [0, 0.05) is 31.7 Å². The normalized spacial score (nSPS) is 10.8. The van der Waals surface area contributed by atoms with Crippen LogP contribution in [-0.2, 0) is 19.6 Å². The summed E-state index contributed by atoms with van der Waals surface area (Å²) in [5, 5.41) is 2.94. The van der Waals surface area contributed by atoms with E-state index in [1.807, 2.05) is 66.2 Å².